The summed E-state index contributed by atoms with van der Waals surface area (Å²) in [7, 11) is 0. The highest BCUT2D eigenvalue weighted by molar-refractivity contribution is 5.76. The lowest BCUT2D eigenvalue weighted by atomic mass is 9.94. The first-order valence-corrected chi connectivity index (χ1v) is 7.57. The molecule has 1 heterocycles. The van der Waals surface area contributed by atoms with E-state index in [2.05, 4.69) is 5.32 Å². The van der Waals surface area contributed by atoms with Crippen molar-refractivity contribution in [1.29, 1.82) is 0 Å². The van der Waals surface area contributed by atoms with Gasteiger partial charge in [0.2, 0.25) is 5.91 Å². The first kappa shape index (κ1) is 15.8. The zero-order valence-corrected chi connectivity index (χ0v) is 12.6. The van der Waals surface area contributed by atoms with E-state index in [1.54, 1.807) is 6.92 Å². The van der Waals surface area contributed by atoms with E-state index in [1.807, 2.05) is 13.0 Å². The molecule has 1 aliphatic rings. The number of hydrogen-bond acceptors (Lipinski definition) is 3. The minimum Gasteiger partial charge on any atom is -0.490 e. The number of amides is 1. The van der Waals surface area contributed by atoms with Crippen molar-refractivity contribution in [2.45, 2.75) is 51.6 Å². The molecule has 3 N–H and O–H groups in total. The van der Waals surface area contributed by atoms with Gasteiger partial charge in [0.15, 0.2) is 11.6 Å². The standard InChI is InChI=1S/C16H23FN2O2/c1-3-5-13(18)10-8-11-14(19-15(20)4-2)6-7-21-16(11)12(17)9-10/h8-9,13-14H,3-7,18H2,1-2H3,(H,19,20). The number of carbonyl (C=O) groups is 1. The molecule has 0 spiro atoms. The van der Waals surface area contributed by atoms with E-state index in [1.165, 1.54) is 6.07 Å². The first-order chi connectivity index (χ1) is 10.1. The Morgan fingerprint density at radius 1 is 1.52 bits per heavy atom. The zero-order chi connectivity index (χ0) is 15.4. The Bertz CT molecular complexity index is 519. The third-order valence-electron chi connectivity index (χ3n) is 3.81. The summed E-state index contributed by atoms with van der Waals surface area (Å²) in [4.78, 5) is 11.6. The molecule has 116 valence electrons. The van der Waals surface area contributed by atoms with E-state index < -0.39 is 5.82 Å². The summed E-state index contributed by atoms with van der Waals surface area (Å²) < 4.78 is 19.7. The number of rotatable bonds is 5. The van der Waals surface area contributed by atoms with Crippen LogP contribution in [0.4, 0.5) is 4.39 Å². The highest BCUT2D eigenvalue weighted by Gasteiger charge is 2.26. The minimum atomic E-state index is -0.399. The monoisotopic (exact) mass is 294 g/mol. The van der Waals surface area contributed by atoms with Crippen LogP contribution in [0.1, 0.15) is 62.7 Å². The van der Waals surface area contributed by atoms with Gasteiger partial charge < -0.3 is 15.8 Å². The molecule has 21 heavy (non-hydrogen) atoms. The van der Waals surface area contributed by atoms with Crippen LogP contribution in [0.5, 0.6) is 5.75 Å². The predicted molar refractivity (Wildman–Crippen MR) is 79.5 cm³/mol. The van der Waals surface area contributed by atoms with Gasteiger partial charge in [-0.1, -0.05) is 20.3 Å². The van der Waals surface area contributed by atoms with Crippen LogP contribution in [0.25, 0.3) is 0 Å². The van der Waals surface area contributed by atoms with Crippen LogP contribution in [0.3, 0.4) is 0 Å². The zero-order valence-electron chi connectivity index (χ0n) is 12.6. The number of fused-ring (bicyclic) bond motifs is 1. The second kappa shape index (κ2) is 6.89. The van der Waals surface area contributed by atoms with Crippen molar-refractivity contribution in [1.82, 2.24) is 5.32 Å². The molecule has 0 fully saturated rings. The number of nitrogens with one attached hydrogen (secondary N) is 1. The lowest BCUT2D eigenvalue weighted by molar-refractivity contribution is -0.121. The lowest BCUT2D eigenvalue weighted by Crippen LogP contribution is -2.32. The van der Waals surface area contributed by atoms with Gasteiger partial charge in [-0.05, 0) is 24.1 Å². The van der Waals surface area contributed by atoms with Crippen molar-refractivity contribution < 1.29 is 13.9 Å². The summed E-state index contributed by atoms with van der Waals surface area (Å²) in [5, 5.41) is 2.92. The maximum absolute atomic E-state index is 14.2. The first-order valence-electron chi connectivity index (χ1n) is 7.57. The van der Waals surface area contributed by atoms with Crippen molar-refractivity contribution in [2.75, 3.05) is 6.61 Å². The third kappa shape index (κ3) is 3.53. The largest absolute Gasteiger partial charge is 0.490 e. The normalized spacial score (nSPS) is 18.6. The van der Waals surface area contributed by atoms with E-state index in [0.29, 0.717) is 25.0 Å². The second-order valence-corrected chi connectivity index (χ2v) is 5.43. The summed E-state index contributed by atoms with van der Waals surface area (Å²) in [6.07, 6.45) is 2.78. The molecule has 1 aromatic carbocycles. The van der Waals surface area contributed by atoms with E-state index >= 15 is 0 Å². The molecule has 1 aromatic rings. The Balaban J connectivity index is 2.34. The van der Waals surface area contributed by atoms with E-state index in [0.717, 1.165) is 18.4 Å². The molecule has 0 aromatic heterocycles. The molecule has 0 aliphatic carbocycles. The van der Waals surface area contributed by atoms with E-state index in [-0.39, 0.29) is 23.7 Å². The number of benzene rings is 1. The second-order valence-electron chi connectivity index (χ2n) is 5.43. The predicted octanol–water partition coefficient (Wildman–Crippen LogP) is 2.98. The SMILES string of the molecule is CCCC(N)c1cc(F)c2c(c1)C(NC(=O)CC)CCO2. The van der Waals surface area contributed by atoms with Gasteiger partial charge in [-0.25, -0.2) is 4.39 Å². The minimum absolute atomic E-state index is 0.0449. The Morgan fingerprint density at radius 3 is 2.95 bits per heavy atom. The van der Waals surface area contributed by atoms with Crippen LogP contribution in [-0.2, 0) is 4.79 Å². The number of hydrogen-bond donors (Lipinski definition) is 2. The summed E-state index contributed by atoms with van der Waals surface area (Å²) in [5.74, 6) is -0.198. The number of ether oxygens (including phenoxy) is 1. The van der Waals surface area contributed by atoms with Crippen LogP contribution < -0.4 is 15.8 Å². The van der Waals surface area contributed by atoms with Crippen molar-refractivity contribution >= 4 is 5.91 Å². The van der Waals surface area contributed by atoms with Gasteiger partial charge in [0.25, 0.3) is 0 Å². The van der Waals surface area contributed by atoms with Gasteiger partial charge in [0.05, 0.1) is 12.6 Å². The van der Waals surface area contributed by atoms with Crippen molar-refractivity contribution in [3.63, 3.8) is 0 Å². The summed E-state index contributed by atoms with van der Waals surface area (Å²) >= 11 is 0. The number of carbonyl (C=O) groups excluding carboxylic acids is 1. The van der Waals surface area contributed by atoms with Crippen molar-refractivity contribution in [3.05, 3.63) is 29.1 Å². The van der Waals surface area contributed by atoms with Crippen LogP contribution in [0, 0.1) is 5.82 Å². The number of nitrogens with two attached hydrogens (primary N) is 1. The summed E-state index contributed by atoms with van der Waals surface area (Å²) in [6, 6.07) is 2.92. The summed E-state index contributed by atoms with van der Waals surface area (Å²) in [6.45, 7) is 4.24. The van der Waals surface area contributed by atoms with Gasteiger partial charge in [0.1, 0.15) is 0 Å². The Labute approximate surface area is 124 Å². The Hall–Kier alpha value is -1.62. The van der Waals surface area contributed by atoms with Gasteiger partial charge in [-0.3, -0.25) is 4.79 Å². The molecule has 5 heteroatoms. The fourth-order valence-corrected chi connectivity index (χ4v) is 2.62. The maximum atomic E-state index is 14.2. The van der Waals surface area contributed by atoms with Gasteiger partial charge in [-0.15, -0.1) is 0 Å². The van der Waals surface area contributed by atoms with E-state index in [4.69, 9.17) is 10.5 Å². The fourth-order valence-electron chi connectivity index (χ4n) is 2.62. The molecule has 1 aliphatic heterocycles. The molecule has 2 atom stereocenters. The molecular formula is C16H23FN2O2. The van der Waals surface area contributed by atoms with Crippen molar-refractivity contribution in [2.24, 2.45) is 5.73 Å². The third-order valence-corrected chi connectivity index (χ3v) is 3.81. The fraction of sp³-hybridized carbons (Fsp3) is 0.562. The van der Waals surface area contributed by atoms with Crippen LogP contribution in [0.2, 0.25) is 0 Å². The lowest BCUT2D eigenvalue weighted by Gasteiger charge is -2.28. The molecule has 0 saturated heterocycles. The average molecular weight is 294 g/mol. The van der Waals surface area contributed by atoms with Crippen LogP contribution in [0.15, 0.2) is 12.1 Å². The molecule has 2 rings (SSSR count). The van der Waals surface area contributed by atoms with Crippen LogP contribution in [-0.4, -0.2) is 12.5 Å². The molecule has 2 unspecified atom stereocenters. The Morgan fingerprint density at radius 2 is 2.29 bits per heavy atom. The summed E-state index contributed by atoms with van der Waals surface area (Å²) in [5.41, 5.74) is 7.54. The van der Waals surface area contributed by atoms with E-state index in [9.17, 15) is 9.18 Å². The van der Waals surface area contributed by atoms with Gasteiger partial charge in [-0.2, -0.15) is 0 Å². The number of halogens is 1. The molecule has 0 bridgehead atoms. The van der Waals surface area contributed by atoms with Gasteiger partial charge in [0, 0.05) is 24.4 Å². The quantitative estimate of drug-likeness (QED) is 0.877. The van der Waals surface area contributed by atoms with Gasteiger partial charge >= 0.3 is 0 Å². The molecule has 0 radical (unpaired) electrons. The Kier molecular flexibility index (Phi) is 5.17. The highest BCUT2D eigenvalue weighted by atomic mass is 19.1. The molecule has 1 amide bonds. The van der Waals surface area contributed by atoms with Crippen LogP contribution >= 0.6 is 0 Å². The van der Waals surface area contributed by atoms with Crippen molar-refractivity contribution in [3.8, 4) is 5.75 Å². The smallest absolute Gasteiger partial charge is 0.220 e. The average Bonchev–Trinajstić information content (AvgIpc) is 2.48. The topological polar surface area (TPSA) is 64.3 Å². The molecular weight excluding hydrogens is 271 g/mol. The highest BCUT2D eigenvalue weighted by Crippen LogP contribution is 2.36. The molecule has 0 saturated carbocycles. The maximum Gasteiger partial charge on any atom is 0.220 e. The molecule has 4 nitrogen and oxygen atoms in total.